The molecule has 7 heteroatoms. The van der Waals surface area contributed by atoms with Gasteiger partial charge in [-0.2, -0.15) is 0 Å². The number of anilines is 1. The van der Waals surface area contributed by atoms with Crippen LogP contribution in [0.25, 0.3) is 0 Å². The number of methoxy groups -OCH3 is 3. The maximum absolute atomic E-state index is 13.5. The number of nitrogens with zero attached hydrogens (tertiary/aromatic N) is 1. The lowest BCUT2D eigenvalue weighted by atomic mass is 10.2. The Balaban J connectivity index is 2.11. The molecule has 0 N–H and O–H groups in total. The zero-order chi connectivity index (χ0) is 20.9. The van der Waals surface area contributed by atoms with Crippen molar-refractivity contribution in [2.45, 2.75) is 11.4 Å². The van der Waals surface area contributed by atoms with Crippen LogP contribution in [0.3, 0.4) is 0 Å². The Bertz CT molecular complexity index is 1050. The van der Waals surface area contributed by atoms with E-state index in [-0.39, 0.29) is 11.4 Å². The lowest BCUT2D eigenvalue weighted by molar-refractivity contribution is 0.393. The summed E-state index contributed by atoms with van der Waals surface area (Å²) in [6, 6.07) is 20.6. The van der Waals surface area contributed by atoms with Gasteiger partial charge < -0.3 is 14.2 Å². The summed E-state index contributed by atoms with van der Waals surface area (Å²) in [5, 5.41) is 0. The smallest absolute Gasteiger partial charge is 0.264 e. The van der Waals surface area contributed by atoms with Gasteiger partial charge in [-0.1, -0.05) is 24.3 Å². The molecule has 0 aliphatic carbocycles. The average Bonchev–Trinajstić information content (AvgIpc) is 2.77. The number of hydrogen-bond donors (Lipinski definition) is 0. The second-order valence-corrected chi connectivity index (χ2v) is 8.11. The molecule has 0 unspecified atom stereocenters. The molecule has 0 spiro atoms. The number of benzene rings is 3. The molecular formula is C22H23NO5S. The first kappa shape index (κ1) is 20.5. The van der Waals surface area contributed by atoms with Gasteiger partial charge in [0.15, 0.2) is 0 Å². The minimum Gasteiger partial charge on any atom is -0.497 e. The Morgan fingerprint density at radius 1 is 0.724 bits per heavy atom. The first-order valence-corrected chi connectivity index (χ1v) is 10.4. The van der Waals surface area contributed by atoms with E-state index in [1.807, 2.05) is 0 Å². The van der Waals surface area contributed by atoms with Crippen molar-refractivity contribution >= 4 is 15.7 Å². The predicted molar refractivity (Wildman–Crippen MR) is 112 cm³/mol. The summed E-state index contributed by atoms with van der Waals surface area (Å²) in [5.74, 6) is 1.74. The Labute approximate surface area is 171 Å². The second-order valence-electron chi connectivity index (χ2n) is 6.25. The van der Waals surface area contributed by atoms with Crippen molar-refractivity contribution in [3.8, 4) is 17.2 Å². The van der Waals surface area contributed by atoms with Crippen molar-refractivity contribution < 1.29 is 22.6 Å². The van der Waals surface area contributed by atoms with Crippen molar-refractivity contribution in [3.63, 3.8) is 0 Å². The third kappa shape index (κ3) is 4.63. The van der Waals surface area contributed by atoms with Gasteiger partial charge in [-0.25, -0.2) is 8.42 Å². The lowest BCUT2D eigenvalue weighted by Gasteiger charge is -2.25. The lowest BCUT2D eigenvalue weighted by Crippen LogP contribution is -2.30. The van der Waals surface area contributed by atoms with E-state index in [0.29, 0.717) is 22.9 Å². The van der Waals surface area contributed by atoms with Crippen LogP contribution in [0.4, 0.5) is 5.69 Å². The monoisotopic (exact) mass is 413 g/mol. The molecule has 152 valence electrons. The molecule has 29 heavy (non-hydrogen) atoms. The van der Waals surface area contributed by atoms with Crippen LogP contribution in [0, 0.1) is 0 Å². The van der Waals surface area contributed by atoms with Crippen LogP contribution in [-0.4, -0.2) is 29.7 Å². The van der Waals surface area contributed by atoms with Crippen molar-refractivity contribution in [3.05, 3.63) is 78.4 Å². The minimum absolute atomic E-state index is 0.0952. The van der Waals surface area contributed by atoms with Crippen LogP contribution in [0.2, 0.25) is 0 Å². The molecule has 0 saturated heterocycles. The summed E-state index contributed by atoms with van der Waals surface area (Å²) in [4.78, 5) is 0.206. The van der Waals surface area contributed by atoms with Gasteiger partial charge in [0.25, 0.3) is 10.0 Å². The molecule has 0 bridgehead atoms. The maximum Gasteiger partial charge on any atom is 0.264 e. The number of hydrogen-bond acceptors (Lipinski definition) is 5. The van der Waals surface area contributed by atoms with E-state index in [9.17, 15) is 8.42 Å². The minimum atomic E-state index is -3.82. The highest BCUT2D eigenvalue weighted by molar-refractivity contribution is 7.92. The highest BCUT2D eigenvalue weighted by atomic mass is 32.2. The molecule has 3 rings (SSSR count). The third-order valence-electron chi connectivity index (χ3n) is 4.41. The standard InChI is InChI=1S/C22H23NO5S/c1-26-19-9-7-8-18(14-19)23(29(24,25)22-10-5-4-6-11-22)16-17-12-20(27-2)15-21(13-17)28-3/h4-15H,16H2,1-3H3. The molecule has 0 aromatic heterocycles. The second kappa shape index (κ2) is 8.87. The van der Waals surface area contributed by atoms with Crippen LogP contribution >= 0.6 is 0 Å². The Morgan fingerprint density at radius 3 is 1.93 bits per heavy atom. The first-order chi connectivity index (χ1) is 14.0. The third-order valence-corrected chi connectivity index (χ3v) is 6.20. The molecule has 0 saturated carbocycles. The zero-order valence-corrected chi connectivity index (χ0v) is 17.3. The zero-order valence-electron chi connectivity index (χ0n) is 16.5. The molecule has 6 nitrogen and oxygen atoms in total. The maximum atomic E-state index is 13.5. The Hall–Kier alpha value is -3.19. The molecule has 0 radical (unpaired) electrons. The fraction of sp³-hybridized carbons (Fsp3) is 0.182. The number of rotatable bonds is 8. The van der Waals surface area contributed by atoms with Gasteiger partial charge in [0, 0.05) is 12.1 Å². The molecule has 3 aromatic rings. The van der Waals surface area contributed by atoms with E-state index >= 15 is 0 Å². The first-order valence-electron chi connectivity index (χ1n) is 8.91. The molecule has 0 aliphatic heterocycles. The largest absolute Gasteiger partial charge is 0.497 e. The summed E-state index contributed by atoms with van der Waals surface area (Å²) in [7, 11) is 0.833. The van der Waals surface area contributed by atoms with Crippen LogP contribution < -0.4 is 18.5 Å². The predicted octanol–water partition coefficient (Wildman–Crippen LogP) is 4.11. The van der Waals surface area contributed by atoms with E-state index in [1.54, 1.807) is 94.1 Å². The van der Waals surface area contributed by atoms with Crippen molar-refractivity contribution in [2.75, 3.05) is 25.6 Å². The van der Waals surface area contributed by atoms with Crippen LogP contribution in [0.15, 0.2) is 77.7 Å². The summed E-state index contributed by atoms with van der Waals surface area (Å²) >= 11 is 0. The van der Waals surface area contributed by atoms with E-state index in [1.165, 1.54) is 4.31 Å². The van der Waals surface area contributed by atoms with E-state index in [0.717, 1.165) is 5.56 Å². The van der Waals surface area contributed by atoms with E-state index in [2.05, 4.69) is 0 Å². The normalized spacial score (nSPS) is 11.0. The van der Waals surface area contributed by atoms with Crippen molar-refractivity contribution in [2.24, 2.45) is 0 Å². The summed E-state index contributed by atoms with van der Waals surface area (Å²) in [6.07, 6.45) is 0. The van der Waals surface area contributed by atoms with Gasteiger partial charge >= 0.3 is 0 Å². The summed E-state index contributed by atoms with van der Waals surface area (Å²) in [6.45, 7) is 0.0952. The molecule has 0 amide bonds. The molecular weight excluding hydrogens is 390 g/mol. The molecule has 0 aliphatic rings. The van der Waals surface area contributed by atoms with Crippen LogP contribution in [0.1, 0.15) is 5.56 Å². The van der Waals surface area contributed by atoms with Crippen molar-refractivity contribution in [1.29, 1.82) is 0 Å². The topological polar surface area (TPSA) is 65.1 Å². The number of ether oxygens (including phenoxy) is 3. The van der Waals surface area contributed by atoms with Gasteiger partial charge in [0.05, 0.1) is 38.5 Å². The van der Waals surface area contributed by atoms with Gasteiger partial charge in [0.2, 0.25) is 0 Å². The van der Waals surface area contributed by atoms with Gasteiger partial charge in [-0.15, -0.1) is 0 Å². The molecule has 0 heterocycles. The molecule has 0 fully saturated rings. The SMILES string of the molecule is COc1cc(CN(c2cccc(OC)c2)S(=O)(=O)c2ccccc2)cc(OC)c1. The Morgan fingerprint density at radius 2 is 1.34 bits per heavy atom. The summed E-state index contributed by atoms with van der Waals surface area (Å²) in [5.41, 5.74) is 1.22. The fourth-order valence-electron chi connectivity index (χ4n) is 2.92. The Kier molecular flexibility index (Phi) is 6.29. The van der Waals surface area contributed by atoms with Gasteiger partial charge in [-0.3, -0.25) is 4.31 Å². The number of sulfonamides is 1. The van der Waals surface area contributed by atoms with Crippen LogP contribution in [0.5, 0.6) is 17.2 Å². The fourth-order valence-corrected chi connectivity index (χ4v) is 4.39. The van der Waals surface area contributed by atoms with Gasteiger partial charge in [0.1, 0.15) is 17.2 Å². The average molecular weight is 413 g/mol. The van der Waals surface area contributed by atoms with E-state index < -0.39 is 10.0 Å². The van der Waals surface area contributed by atoms with Crippen molar-refractivity contribution in [1.82, 2.24) is 0 Å². The molecule has 3 aromatic carbocycles. The van der Waals surface area contributed by atoms with E-state index in [4.69, 9.17) is 14.2 Å². The molecule has 0 atom stereocenters. The summed E-state index contributed by atoms with van der Waals surface area (Å²) < 4.78 is 44.2. The van der Waals surface area contributed by atoms with Crippen LogP contribution in [-0.2, 0) is 16.6 Å². The van der Waals surface area contributed by atoms with Gasteiger partial charge in [-0.05, 0) is 42.0 Å². The highest BCUT2D eigenvalue weighted by Crippen LogP contribution is 2.31. The quantitative estimate of drug-likeness (QED) is 0.556. The highest BCUT2D eigenvalue weighted by Gasteiger charge is 2.26.